The van der Waals surface area contributed by atoms with Crippen LogP contribution in [0.3, 0.4) is 0 Å². The zero-order valence-electron chi connectivity index (χ0n) is 22.8. The summed E-state index contributed by atoms with van der Waals surface area (Å²) in [5, 5.41) is 24.0. The zero-order valence-corrected chi connectivity index (χ0v) is 22.8. The van der Waals surface area contributed by atoms with Crippen molar-refractivity contribution < 1.29 is 24.2 Å². The van der Waals surface area contributed by atoms with Crippen molar-refractivity contribution in [1.29, 1.82) is 0 Å². The molecular weight excluding hydrogens is 488 g/mol. The zero-order chi connectivity index (χ0) is 27.4. The lowest BCUT2D eigenvalue weighted by atomic mass is 10.0. The van der Waals surface area contributed by atoms with Gasteiger partial charge in [0.05, 0.1) is 12.8 Å². The Kier molecular flexibility index (Phi) is 8.55. The fourth-order valence-electron chi connectivity index (χ4n) is 5.12. The maximum atomic E-state index is 13.2. The molecular formula is C27H38N6O5. The van der Waals surface area contributed by atoms with Gasteiger partial charge >= 0.3 is 6.09 Å². The molecule has 0 bridgehead atoms. The molecule has 1 fully saturated rings. The van der Waals surface area contributed by atoms with E-state index in [-0.39, 0.29) is 35.7 Å². The molecule has 3 atom stereocenters. The van der Waals surface area contributed by atoms with E-state index in [1.165, 1.54) is 5.01 Å². The van der Waals surface area contributed by atoms with Crippen LogP contribution >= 0.6 is 0 Å². The first-order valence-corrected chi connectivity index (χ1v) is 13.1. The van der Waals surface area contributed by atoms with Gasteiger partial charge in [0.25, 0.3) is 0 Å². The number of nitrogens with zero attached hydrogens (tertiary/aromatic N) is 4. The van der Waals surface area contributed by atoms with E-state index in [2.05, 4.69) is 20.5 Å². The number of phenolic OH excluding ortho intramolecular Hbond substituents is 1. The van der Waals surface area contributed by atoms with E-state index in [4.69, 9.17) is 9.47 Å². The van der Waals surface area contributed by atoms with Crippen molar-refractivity contribution in [2.45, 2.75) is 57.5 Å². The van der Waals surface area contributed by atoms with Gasteiger partial charge in [0.15, 0.2) is 0 Å². The van der Waals surface area contributed by atoms with Gasteiger partial charge in [-0.3, -0.25) is 14.9 Å². The minimum Gasteiger partial charge on any atom is -0.507 e. The van der Waals surface area contributed by atoms with Crippen molar-refractivity contribution in [2.24, 2.45) is 10.9 Å². The largest absolute Gasteiger partial charge is 0.507 e. The average molecular weight is 527 g/mol. The number of aliphatic imine (C=N–C) groups is 1. The number of fused-ring (bicyclic) bond motifs is 1. The molecule has 2 aliphatic carbocycles. The third-order valence-corrected chi connectivity index (χ3v) is 7.39. The lowest BCUT2D eigenvalue weighted by Gasteiger charge is -2.25. The topological polar surface area (TPSA) is 132 Å². The van der Waals surface area contributed by atoms with Crippen molar-refractivity contribution in [3.63, 3.8) is 0 Å². The number of aromatic nitrogens is 2. The molecule has 0 unspecified atom stereocenters. The third-order valence-electron chi connectivity index (χ3n) is 7.39. The maximum absolute atomic E-state index is 13.2. The molecule has 0 radical (unpaired) electrons. The Bertz CT molecular complexity index is 1190. The van der Waals surface area contributed by atoms with Crippen LogP contribution in [0.25, 0.3) is 0 Å². The van der Waals surface area contributed by atoms with Gasteiger partial charge in [-0.05, 0) is 49.7 Å². The van der Waals surface area contributed by atoms with Crippen LogP contribution in [0.5, 0.6) is 11.5 Å². The number of carbonyl (C=O) groups excluding carboxylic acids is 2. The van der Waals surface area contributed by atoms with Gasteiger partial charge in [0.1, 0.15) is 23.4 Å². The first kappa shape index (κ1) is 27.4. The number of aromatic hydroxyl groups is 1. The smallest absolute Gasteiger partial charge is 0.424 e. The second-order valence-corrected chi connectivity index (χ2v) is 10.2. The molecule has 2 aliphatic rings. The lowest BCUT2D eigenvalue weighted by Crippen LogP contribution is -2.40. The van der Waals surface area contributed by atoms with Crippen LogP contribution in [-0.2, 0) is 22.4 Å². The number of rotatable bonds is 9. The second-order valence-electron chi connectivity index (χ2n) is 10.2. The second kappa shape index (κ2) is 11.8. The number of aromatic amines is 1. The summed E-state index contributed by atoms with van der Waals surface area (Å²) in [4.78, 5) is 29.8. The molecule has 206 valence electrons. The molecule has 0 aliphatic heterocycles. The number of amides is 2. The quantitative estimate of drug-likeness (QED) is 0.337. The van der Waals surface area contributed by atoms with E-state index >= 15 is 0 Å². The van der Waals surface area contributed by atoms with Gasteiger partial charge in [0.2, 0.25) is 5.91 Å². The average Bonchev–Trinajstić information content (AvgIpc) is 3.64. The summed E-state index contributed by atoms with van der Waals surface area (Å²) in [6, 6.07) is 3.45. The number of methoxy groups -OCH3 is 1. The van der Waals surface area contributed by atoms with Gasteiger partial charge in [-0.2, -0.15) is 5.10 Å². The molecule has 2 amide bonds. The standard InChI is InChI=1S/C27H38N6O5/c1-6-9-28-15-21-19-11-17(12-20(19)24(37-5)14-23(21)34)26(35)29-25-13-22(30-31-25)16-7-8-18(10-16)38-27(36)33(4)32(2)3/h13-18,34H,6-12H2,1-5H3,(H2,29,30,31,35)/b28-15-/t16-,17-,18+/m0/s1. The Balaban J connectivity index is 1.38. The molecule has 1 aromatic heterocycles. The van der Waals surface area contributed by atoms with Crippen molar-refractivity contribution in [3.8, 4) is 11.5 Å². The van der Waals surface area contributed by atoms with E-state index in [0.29, 0.717) is 42.9 Å². The van der Waals surface area contributed by atoms with Gasteiger partial charge in [-0.1, -0.05) is 6.92 Å². The Morgan fingerprint density at radius 2 is 2.00 bits per heavy atom. The predicted octanol–water partition coefficient (Wildman–Crippen LogP) is 3.49. The summed E-state index contributed by atoms with van der Waals surface area (Å²) in [6.45, 7) is 2.71. The van der Waals surface area contributed by atoms with Crippen molar-refractivity contribution in [3.05, 3.63) is 34.5 Å². The van der Waals surface area contributed by atoms with E-state index in [9.17, 15) is 14.7 Å². The van der Waals surface area contributed by atoms with Crippen molar-refractivity contribution >= 4 is 24.0 Å². The number of hydrogen-bond acceptors (Lipinski definition) is 8. The Labute approximate surface area is 223 Å². The molecule has 2 aromatic rings. The summed E-state index contributed by atoms with van der Waals surface area (Å²) in [5.41, 5.74) is 3.33. The number of nitrogens with one attached hydrogen (secondary N) is 2. The Hall–Kier alpha value is -3.60. The van der Waals surface area contributed by atoms with Crippen molar-refractivity contribution in [1.82, 2.24) is 20.2 Å². The molecule has 4 rings (SSSR count). The predicted molar refractivity (Wildman–Crippen MR) is 144 cm³/mol. The molecule has 3 N–H and O–H groups in total. The normalized spacial score (nSPS) is 20.6. The molecule has 38 heavy (non-hydrogen) atoms. The number of benzene rings is 1. The number of H-pyrrole nitrogens is 1. The van der Waals surface area contributed by atoms with E-state index in [1.54, 1.807) is 45.5 Å². The first-order valence-electron chi connectivity index (χ1n) is 13.1. The molecule has 11 heteroatoms. The minimum atomic E-state index is -0.377. The third kappa shape index (κ3) is 5.93. The summed E-state index contributed by atoms with van der Waals surface area (Å²) >= 11 is 0. The lowest BCUT2D eigenvalue weighted by molar-refractivity contribution is -0.119. The molecule has 0 saturated heterocycles. The molecule has 0 spiro atoms. The Morgan fingerprint density at radius 1 is 1.24 bits per heavy atom. The molecule has 1 saturated carbocycles. The SMILES string of the molecule is CCC/N=C\c1c(O)cc(OC)c2c1C[C@H](C(=O)Nc1cc([C@H]3CC[C@@H](OC(=O)N(C)N(C)C)C3)n[nH]1)C2. The molecule has 11 nitrogen and oxygen atoms in total. The molecule has 1 aromatic carbocycles. The van der Waals surface area contributed by atoms with Crippen LogP contribution < -0.4 is 10.1 Å². The summed E-state index contributed by atoms with van der Waals surface area (Å²) in [6.07, 6.45) is 5.37. The van der Waals surface area contributed by atoms with Crippen LogP contribution in [0.1, 0.15) is 60.9 Å². The number of phenols is 1. The number of hydrogen-bond donors (Lipinski definition) is 3. The van der Waals surface area contributed by atoms with Crippen molar-refractivity contribution in [2.75, 3.05) is 40.1 Å². The summed E-state index contributed by atoms with van der Waals surface area (Å²) in [5.74, 6) is 0.931. The van der Waals surface area contributed by atoms with E-state index in [1.807, 2.05) is 13.0 Å². The van der Waals surface area contributed by atoms with Gasteiger partial charge in [0, 0.05) is 63.4 Å². The monoisotopic (exact) mass is 526 g/mol. The minimum absolute atomic E-state index is 0.105. The molecule has 1 heterocycles. The van der Waals surface area contributed by atoms with Crippen LogP contribution in [0.4, 0.5) is 10.6 Å². The highest BCUT2D eigenvalue weighted by Crippen LogP contribution is 2.40. The highest BCUT2D eigenvalue weighted by molar-refractivity contribution is 5.94. The summed E-state index contributed by atoms with van der Waals surface area (Å²) in [7, 11) is 6.79. The fourth-order valence-corrected chi connectivity index (χ4v) is 5.12. The highest BCUT2D eigenvalue weighted by atomic mass is 16.6. The van der Waals surface area contributed by atoms with Crippen LogP contribution in [0.15, 0.2) is 17.1 Å². The number of ether oxygens (including phenoxy) is 2. The van der Waals surface area contributed by atoms with Crippen LogP contribution in [0, 0.1) is 5.92 Å². The number of anilines is 1. The van der Waals surface area contributed by atoms with Gasteiger partial charge in [-0.15, -0.1) is 0 Å². The first-order chi connectivity index (χ1) is 18.2. The maximum Gasteiger partial charge on any atom is 0.424 e. The van der Waals surface area contributed by atoms with Crippen LogP contribution in [0.2, 0.25) is 0 Å². The van der Waals surface area contributed by atoms with E-state index < -0.39 is 0 Å². The Morgan fingerprint density at radius 3 is 2.71 bits per heavy atom. The number of hydrazine groups is 1. The number of carbonyl (C=O) groups is 2. The van der Waals surface area contributed by atoms with Gasteiger partial charge < -0.3 is 19.9 Å². The van der Waals surface area contributed by atoms with Crippen LogP contribution in [-0.4, -0.2) is 84.4 Å². The van der Waals surface area contributed by atoms with E-state index in [0.717, 1.165) is 36.1 Å². The van der Waals surface area contributed by atoms with Gasteiger partial charge in [-0.25, -0.2) is 14.8 Å². The summed E-state index contributed by atoms with van der Waals surface area (Å²) < 4.78 is 11.1. The fraction of sp³-hybridized carbons (Fsp3) is 0.556. The highest BCUT2D eigenvalue weighted by Gasteiger charge is 2.34.